The summed E-state index contributed by atoms with van der Waals surface area (Å²) in [5.41, 5.74) is 1.11. The zero-order valence-electron chi connectivity index (χ0n) is 15.5. The van der Waals surface area contributed by atoms with Crippen molar-refractivity contribution in [3.05, 3.63) is 55.0 Å². The van der Waals surface area contributed by atoms with E-state index in [0.29, 0.717) is 36.2 Å². The Hall–Kier alpha value is -2.36. The molecule has 0 spiro atoms. The molecule has 8 heteroatoms. The van der Waals surface area contributed by atoms with E-state index in [1.165, 1.54) is 0 Å². The third kappa shape index (κ3) is 5.32. The molecule has 26 heavy (non-hydrogen) atoms. The third-order valence-electron chi connectivity index (χ3n) is 3.47. The standard InChI is InChI=1S/C17H17N5O2.CH3.Li/c1-11-9-20-17-13(8-18)10-23-6-4-12(2)24-14-3-5-19-15(7-14)21-16(11)22-17;;/h3,5,7-9,12H,4,6H2,1-2H3,(H,19,20,21,22);1H3;/q-2;-1;+1/t12-;;/m0../s1. The number of allylic oxidation sites excluding steroid dienone is 1. The fraction of sp³-hybridized carbons (Fsp3) is 0.278. The number of aromatic nitrogens is 3. The molecule has 4 bridgehead atoms. The minimum absolute atomic E-state index is 0. The number of pyridine rings is 1. The summed E-state index contributed by atoms with van der Waals surface area (Å²) in [6, 6.07) is 3.61. The van der Waals surface area contributed by atoms with Crippen molar-refractivity contribution in [3.63, 3.8) is 0 Å². The van der Waals surface area contributed by atoms with Crippen LogP contribution in [-0.4, -0.2) is 33.9 Å². The third-order valence-corrected chi connectivity index (χ3v) is 3.47. The van der Waals surface area contributed by atoms with Crippen molar-refractivity contribution in [1.82, 2.24) is 15.0 Å². The summed E-state index contributed by atoms with van der Waals surface area (Å²) in [5.74, 6) is 2.22. The molecule has 7 nitrogen and oxygen atoms in total. The molecule has 1 N–H and O–H groups in total. The van der Waals surface area contributed by atoms with Crippen LogP contribution in [0.4, 0.5) is 11.6 Å². The van der Waals surface area contributed by atoms with Crippen molar-refractivity contribution >= 4 is 23.4 Å². The van der Waals surface area contributed by atoms with E-state index < -0.39 is 0 Å². The number of fused-ring (bicyclic) bond motifs is 4. The molecule has 132 valence electrons. The average molecular weight is 345 g/mol. The van der Waals surface area contributed by atoms with E-state index in [1.807, 2.05) is 19.9 Å². The second kappa shape index (κ2) is 9.95. The largest absolute Gasteiger partial charge is 1.00 e. The zero-order valence-corrected chi connectivity index (χ0v) is 15.5. The minimum atomic E-state index is -0.0395. The van der Waals surface area contributed by atoms with Crippen LogP contribution in [0.1, 0.15) is 24.7 Å². The van der Waals surface area contributed by atoms with Gasteiger partial charge in [-0.3, -0.25) is 4.98 Å². The summed E-state index contributed by atoms with van der Waals surface area (Å²) in [5, 5.41) is 12.6. The number of rotatable bonds is 1. The summed E-state index contributed by atoms with van der Waals surface area (Å²) in [6.07, 6.45) is 7.49. The summed E-state index contributed by atoms with van der Waals surface area (Å²) >= 11 is 0. The Morgan fingerprint density at radius 2 is 2.19 bits per heavy atom. The maximum atomic E-state index is 9.41. The van der Waals surface area contributed by atoms with Gasteiger partial charge in [0.25, 0.3) is 0 Å². The van der Waals surface area contributed by atoms with E-state index in [4.69, 9.17) is 9.47 Å². The molecule has 0 unspecified atom stereocenters. The van der Waals surface area contributed by atoms with E-state index in [1.54, 1.807) is 18.5 Å². The normalized spacial score (nSPS) is 16.1. The van der Waals surface area contributed by atoms with Crippen molar-refractivity contribution in [3.8, 4) is 5.75 Å². The number of anilines is 2. The number of hydrogen-bond acceptors (Lipinski definition) is 6. The van der Waals surface area contributed by atoms with E-state index in [9.17, 15) is 5.41 Å². The Bertz CT molecular complexity index is 782. The summed E-state index contributed by atoms with van der Waals surface area (Å²) in [6.45, 7) is 4.23. The Morgan fingerprint density at radius 1 is 1.38 bits per heavy atom. The van der Waals surface area contributed by atoms with Crippen LogP contribution in [0.5, 0.6) is 5.75 Å². The van der Waals surface area contributed by atoms with Crippen LogP contribution in [0, 0.1) is 20.6 Å². The van der Waals surface area contributed by atoms with Gasteiger partial charge in [-0.2, -0.15) is 0 Å². The maximum absolute atomic E-state index is 9.41. The zero-order chi connectivity index (χ0) is 16.9. The molecule has 2 aromatic rings. The van der Waals surface area contributed by atoms with E-state index in [0.717, 1.165) is 11.8 Å². The topological polar surface area (TPSA) is 91.5 Å². The first-order valence-corrected chi connectivity index (χ1v) is 7.61. The first-order chi connectivity index (χ1) is 11.7. The van der Waals surface area contributed by atoms with E-state index in [-0.39, 0.29) is 38.0 Å². The van der Waals surface area contributed by atoms with E-state index >= 15 is 0 Å². The van der Waals surface area contributed by atoms with Crippen LogP contribution < -0.4 is 28.9 Å². The van der Waals surface area contributed by atoms with Crippen LogP contribution in [0.25, 0.3) is 11.0 Å². The minimum Gasteiger partial charge on any atom is -0.878 e. The summed E-state index contributed by atoms with van der Waals surface area (Å²) < 4.78 is 11.2. The molecule has 1 atom stereocenters. The molecule has 0 aromatic carbocycles. The molecule has 1 aliphatic rings. The van der Waals surface area contributed by atoms with Crippen molar-refractivity contribution in [2.75, 3.05) is 11.9 Å². The Labute approximate surface area is 166 Å². The monoisotopic (exact) mass is 345 g/mol. The van der Waals surface area contributed by atoms with Crippen molar-refractivity contribution in [2.24, 2.45) is 0 Å². The predicted molar refractivity (Wildman–Crippen MR) is 97.4 cm³/mol. The molecule has 0 fully saturated rings. The van der Waals surface area contributed by atoms with Crippen LogP contribution in [-0.2, 0) is 4.74 Å². The Balaban J connectivity index is 0.00000169. The first-order valence-electron chi connectivity index (χ1n) is 7.61. The molecule has 0 radical (unpaired) electrons. The van der Waals surface area contributed by atoms with Crippen LogP contribution in [0.3, 0.4) is 0 Å². The van der Waals surface area contributed by atoms with Crippen LogP contribution in [0.15, 0.2) is 24.5 Å². The molecular weight excluding hydrogens is 325 g/mol. The molecule has 1 aliphatic heterocycles. The van der Waals surface area contributed by atoms with E-state index in [2.05, 4.69) is 26.5 Å². The quantitative estimate of drug-likeness (QED) is 0.456. The van der Waals surface area contributed by atoms with Gasteiger partial charge in [-0.05, 0) is 19.9 Å². The van der Waals surface area contributed by atoms with Gasteiger partial charge in [0.15, 0.2) is 0 Å². The molecular formula is C18H20LiN5O2-2. The number of nitrogens with zero attached hydrogens (tertiary/aromatic N) is 4. The SMILES string of the molecule is Cc1cnc2nc1Nc1cc(ccn1)O[C@@H](C)CCO[C-]=C2C=[N-].[CH3-].[Li+]. The van der Waals surface area contributed by atoms with Crippen LogP contribution in [0.2, 0.25) is 0 Å². The van der Waals surface area contributed by atoms with Gasteiger partial charge in [-0.1, -0.05) is 0 Å². The number of aryl methyl sites for hydroxylation is 1. The van der Waals surface area contributed by atoms with Gasteiger partial charge < -0.3 is 38.8 Å². The molecule has 2 aromatic heterocycles. The number of ether oxygens (including phenoxy) is 2. The van der Waals surface area contributed by atoms with Crippen molar-refractivity contribution < 1.29 is 28.3 Å². The number of hydrogen-bond donors (Lipinski definition) is 1. The fourth-order valence-corrected chi connectivity index (χ4v) is 2.15. The Kier molecular flexibility index (Phi) is 8.30. The molecule has 3 rings (SSSR count). The maximum Gasteiger partial charge on any atom is 1.00 e. The van der Waals surface area contributed by atoms with Gasteiger partial charge >= 0.3 is 18.9 Å². The van der Waals surface area contributed by atoms with Gasteiger partial charge in [-0.15, -0.1) is 5.57 Å². The second-order valence-electron chi connectivity index (χ2n) is 5.44. The predicted octanol–water partition coefficient (Wildman–Crippen LogP) is 0.350. The summed E-state index contributed by atoms with van der Waals surface area (Å²) in [4.78, 5) is 12.9. The van der Waals surface area contributed by atoms with Crippen molar-refractivity contribution in [2.45, 2.75) is 26.4 Å². The van der Waals surface area contributed by atoms with Gasteiger partial charge in [0, 0.05) is 42.5 Å². The summed E-state index contributed by atoms with van der Waals surface area (Å²) in [7, 11) is 0. The van der Waals surface area contributed by atoms with Gasteiger partial charge in [-0.25, -0.2) is 4.98 Å². The van der Waals surface area contributed by atoms with Crippen LogP contribution >= 0.6 is 0 Å². The molecule has 0 saturated carbocycles. The number of nitrogens with one attached hydrogen (secondary N) is 1. The molecule has 3 heterocycles. The molecule has 0 amide bonds. The smallest absolute Gasteiger partial charge is 0.878 e. The second-order valence-corrected chi connectivity index (χ2v) is 5.44. The van der Waals surface area contributed by atoms with Gasteiger partial charge in [0.05, 0.1) is 12.7 Å². The molecule has 0 saturated heterocycles. The average Bonchev–Trinajstić information content (AvgIpc) is 2.57. The van der Waals surface area contributed by atoms with Crippen molar-refractivity contribution in [1.29, 1.82) is 0 Å². The van der Waals surface area contributed by atoms with Gasteiger partial charge in [0.2, 0.25) is 0 Å². The molecule has 0 aliphatic carbocycles. The fourth-order valence-electron chi connectivity index (χ4n) is 2.15. The van der Waals surface area contributed by atoms with Gasteiger partial charge in [0.1, 0.15) is 17.4 Å². The Morgan fingerprint density at radius 3 is 2.96 bits per heavy atom. The first kappa shape index (κ1) is 21.7.